The van der Waals surface area contributed by atoms with Crippen LogP contribution in [0.1, 0.15) is 21.9 Å². The van der Waals surface area contributed by atoms with E-state index < -0.39 is 0 Å². The van der Waals surface area contributed by atoms with Crippen molar-refractivity contribution in [3.63, 3.8) is 0 Å². The summed E-state index contributed by atoms with van der Waals surface area (Å²) in [5, 5.41) is 6.57. The number of hydrogen-bond donors (Lipinski definition) is 2. The molecule has 0 unspecified atom stereocenters. The van der Waals surface area contributed by atoms with Gasteiger partial charge in [-0.2, -0.15) is 0 Å². The fourth-order valence-electron chi connectivity index (χ4n) is 2.49. The average Bonchev–Trinajstić information content (AvgIpc) is 2.65. The average molecular weight is 385 g/mol. The van der Waals surface area contributed by atoms with Gasteiger partial charge >= 0.3 is 0 Å². The smallest absolute Gasteiger partial charge is 0.270 e. The first kappa shape index (κ1) is 18.8. The molecule has 0 saturated heterocycles. The molecule has 1 amide bonds. The number of halogens is 2. The van der Waals surface area contributed by atoms with Crippen LogP contribution in [0.5, 0.6) is 0 Å². The van der Waals surface area contributed by atoms with Crippen LogP contribution in [0, 0.1) is 12.7 Å². The van der Waals surface area contributed by atoms with Crippen molar-refractivity contribution in [2.45, 2.75) is 13.3 Å². The van der Waals surface area contributed by atoms with Crippen molar-refractivity contribution in [2.75, 3.05) is 11.9 Å². The number of carbonyl (C=O) groups is 1. The highest BCUT2D eigenvalue weighted by molar-refractivity contribution is 6.30. The Balaban J connectivity index is 1.63. The van der Waals surface area contributed by atoms with Crippen molar-refractivity contribution >= 4 is 29.0 Å². The van der Waals surface area contributed by atoms with Gasteiger partial charge in [-0.05, 0) is 55.3 Å². The number of nitrogens with zero attached hydrogens (tertiary/aromatic N) is 2. The van der Waals surface area contributed by atoms with Crippen molar-refractivity contribution in [2.24, 2.45) is 0 Å². The van der Waals surface area contributed by atoms with E-state index in [0.717, 1.165) is 5.56 Å². The molecule has 27 heavy (non-hydrogen) atoms. The molecule has 3 aromatic rings. The van der Waals surface area contributed by atoms with E-state index in [0.29, 0.717) is 35.3 Å². The highest BCUT2D eigenvalue weighted by atomic mass is 35.5. The highest BCUT2D eigenvalue weighted by Crippen LogP contribution is 2.16. The number of carbonyl (C=O) groups excluding carboxylic acids is 1. The molecule has 0 atom stereocenters. The van der Waals surface area contributed by atoms with Crippen LogP contribution >= 0.6 is 11.6 Å². The maximum Gasteiger partial charge on any atom is 0.270 e. The fourth-order valence-corrected chi connectivity index (χ4v) is 2.62. The molecule has 0 fully saturated rings. The first-order valence-corrected chi connectivity index (χ1v) is 8.78. The molecular formula is C20H18ClFN4O. The zero-order valence-electron chi connectivity index (χ0n) is 14.7. The summed E-state index contributed by atoms with van der Waals surface area (Å²) < 4.78 is 13.0. The first-order chi connectivity index (χ1) is 13.0. The second kappa shape index (κ2) is 8.60. The third-order valence-electron chi connectivity index (χ3n) is 3.80. The lowest BCUT2D eigenvalue weighted by molar-refractivity contribution is 0.0949. The topological polar surface area (TPSA) is 66.9 Å². The van der Waals surface area contributed by atoms with Crippen molar-refractivity contribution in [3.05, 3.63) is 82.5 Å². The Kier molecular flexibility index (Phi) is 5.98. The predicted molar refractivity (Wildman–Crippen MR) is 104 cm³/mol. The van der Waals surface area contributed by atoms with Crippen LogP contribution in [0.4, 0.5) is 15.9 Å². The molecule has 0 bridgehead atoms. The Morgan fingerprint density at radius 1 is 1.07 bits per heavy atom. The van der Waals surface area contributed by atoms with Crippen molar-refractivity contribution in [3.8, 4) is 0 Å². The van der Waals surface area contributed by atoms with Gasteiger partial charge in [0.25, 0.3) is 5.91 Å². The van der Waals surface area contributed by atoms with Gasteiger partial charge in [0.2, 0.25) is 0 Å². The summed E-state index contributed by atoms with van der Waals surface area (Å²) >= 11 is 5.86. The van der Waals surface area contributed by atoms with Crippen LogP contribution in [0.25, 0.3) is 0 Å². The SMILES string of the molecule is Cc1nc(Nc2ccc(F)cc2)cc(C(=O)NCCc2ccc(Cl)cc2)n1. The minimum atomic E-state index is -0.319. The van der Waals surface area contributed by atoms with Crippen LogP contribution in [0.2, 0.25) is 5.02 Å². The lowest BCUT2D eigenvalue weighted by Crippen LogP contribution is -2.27. The van der Waals surface area contributed by atoms with E-state index in [2.05, 4.69) is 20.6 Å². The van der Waals surface area contributed by atoms with Gasteiger partial charge in [-0.25, -0.2) is 14.4 Å². The number of benzene rings is 2. The number of aryl methyl sites for hydroxylation is 1. The molecule has 0 aliphatic carbocycles. The summed E-state index contributed by atoms with van der Waals surface area (Å²) in [6.45, 7) is 2.19. The van der Waals surface area contributed by atoms with Gasteiger partial charge < -0.3 is 10.6 Å². The summed E-state index contributed by atoms with van der Waals surface area (Å²) in [6, 6.07) is 14.9. The molecule has 2 aromatic carbocycles. The first-order valence-electron chi connectivity index (χ1n) is 8.40. The zero-order chi connectivity index (χ0) is 19.2. The van der Waals surface area contributed by atoms with E-state index >= 15 is 0 Å². The van der Waals surface area contributed by atoms with Gasteiger partial charge in [0.1, 0.15) is 23.2 Å². The Labute approximate surface area is 161 Å². The largest absolute Gasteiger partial charge is 0.350 e. The van der Waals surface area contributed by atoms with Crippen molar-refractivity contribution < 1.29 is 9.18 Å². The molecule has 0 aliphatic heterocycles. The zero-order valence-corrected chi connectivity index (χ0v) is 15.4. The molecule has 0 saturated carbocycles. The van der Waals surface area contributed by atoms with Crippen molar-refractivity contribution in [1.29, 1.82) is 0 Å². The monoisotopic (exact) mass is 384 g/mol. The number of aromatic nitrogens is 2. The van der Waals surface area contributed by atoms with Gasteiger partial charge in [0.15, 0.2) is 0 Å². The van der Waals surface area contributed by atoms with E-state index in [4.69, 9.17) is 11.6 Å². The molecule has 138 valence electrons. The summed E-state index contributed by atoms with van der Waals surface area (Å²) in [6.07, 6.45) is 0.688. The maximum absolute atomic E-state index is 13.0. The summed E-state index contributed by atoms with van der Waals surface area (Å²) in [4.78, 5) is 20.8. The molecular weight excluding hydrogens is 367 g/mol. The van der Waals surface area contributed by atoms with Crippen LogP contribution < -0.4 is 10.6 Å². The third kappa shape index (κ3) is 5.49. The van der Waals surface area contributed by atoms with Gasteiger partial charge in [-0.1, -0.05) is 23.7 Å². The quantitative estimate of drug-likeness (QED) is 0.665. The molecule has 2 N–H and O–H groups in total. The number of rotatable bonds is 6. The molecule has 0 radical (unpaired) electrons. The second-order valence-electron chi connectivity index (χ2n) is 5.95. The number of anilines is 2. The van der Waals surface area contributed by atoms with E-state index in [1.807, 2.05) is 24.3 Å². The van der Waals surface area contributed by atoms with Crippen LogP contribution in [-0.2, 0) is 6.42 Å². The second-order valence-corrected chi connectivity index (χ2v) is 6.39. The Morgan fingerprint density at radius 2 is 1.78 bits per heavy atom. The summed E-state index contributed by atoms with van der Waals surface area (Å²) in [5.74, 6) is 0.332. The lowest BCUT2D eigenvalue weighted by Gasteiger charge is -2.09. The number of amides is 1. The third-order valence-corrected chi connectivity index (χ3v) is 4.05. The van der Waals surface area contributed by atoms with E-state index in [9.17, 15) is 9.18 Å². The Hall–Kier alpha value is -2.99. The standard InChI is InChI=1S/C20H18ClFN4O/c1-13-24-18(12-19(25-13)26-17-8-6-16(22)7-9-17)20(27)23-11-10-14-2-4-15(21)5-3-14/h2-9,12H,10-11H2,1H3,(H,23,27)(H,24,25,26). The minimum Gasteiger partial charge on any atom is -0.350 e. The Bertz CT molecular complexity index is 930. The van der Waals surface area contributed by atoms with Crippen molar-refractivity contribution in [1.82, 2.24) is 15.3 Å². The van der Waals surface area contributed by atoms with E-state index in [1.165, 1.54) is 12.1 Å². The van der Waals surface area contributed by atoms with Gasteiger partial charge in [-0.3, -0.25) is 4.79 Å². The number of nitrogens with one attached hydrogen (secondary N) is 2. The van der Waals surface area contributed by atoms with E-state index in [-0.39, 0.29) is 17.4 Å². The predicted octanol–water partition coefficient (Wildman–Crippen LogP) is 4.29. The van der Waals surface area contributed by atoms with Crippen LogP contribution in [0.15, 0.2) is 54.6 Å². The van der Waals surface area contributed by atoms with Crippen LogP contribution in [0.3, 0.4) is 0 Å². The van der Waals surface area contributed by atoms with Crippen LogP contribution in [-0.4, -0.2) is 22.4 Å². The van der Waals surface area contributed by atoms with Gasteiger partial charge in [0, 0.05) is 23.3 Å². The Morgan fingerprint density at radius 3 is 2.48 bits per heavy atom. The summed E-state index contributed by atoms with van der Waals surface area (Å²) in [7, 11) is 0. The molecule has 3 rings (SSSR count). The normalized spacial score (nSPS) is 10.5. The molecule has 5 nitrogen and oxygen atoms in total. The highest BCUT2D eigenvalue weighted by Gasteiger charge is 2.10. The number of hydrogen-bond acceptors (Lipinski definition) is 4. The molecule has 0 spiro atoms. The lowest BCUT2D eigenvalue weighted by atomic mass is 10.1. The molecule has 7 heteroatoms. The fraction of sp³-hybridized carbons (Fsp3) is 0.150. The maximum atomic E-state index is 13.0. The van der Waals surface area contributed by atoms with E-state index in [1.54, 1.807) is 25.1 Å². The minimum absolute atomic E-state index is 0.267. The van der Waals surface area contributed by atoms with Gasteiger partial charge in [0.05, 0.1) is 0 Å². The summed E-state index contributed by atoms with van der Waals surface area (Å²) in [5.41, 5.74) is 2.02. The molecule has 1 heterocycles. The van der Waals surface area contributed by atoms with Gasteiger partial charge in [-0.15, -0.1) is 0 Å². The molecule has 0 aliphatic rings. The molecule has 1 aromatic heterocycles.